The number of hydrogen-bond donors (Lipinski definition) is 2. The highest BCUT2D eigenvalue weighted by molar-refractivity contribution is 9.09. The first-order chi connectivity index (χ1) is 5.31. The third-order valence-corrected chi connectivity index (χ3v) is 2.17. The number of unbranched alkanes of at least 4 members (excludes halogenated alkanes) is 3. The molecule has 0 aliphatic carbocycles. The van der Waals surface area contributed by atoms with Gasteiger partial charge in [0.15, 0.2) is 0 Å². The van der Waals surface area contributed by atoms with Gasteiger partial charge in [-0.1, -0.05) is 42.1 Å². The van der Waals surface area contributed by atoms with Crippen LogP contribution in [0.3, 0.4) is 0 Å². The molecule has 68 valence electrons. The Morgan fingerprint density at radius 3 is 2.64 bits per heavy atom. The summed E-state index contributed by atoms with van der Waals surface area (Å²) in [6, 6.07) is 0. The van der Waals surface area contributed by atoms with E-state index >= 15 is 0 Å². The molecular weight excluding hydrogens is 206 g/mol. The zero-order valence-electron chi connectivity index (χ0n) is 7.15. The van der Waals surface area contributed by atoms with Gasteiger partial charge in [-0.05, 0) is 13.0 Å². The van der Waals surface area contributed by atoms with Crippen LogP contribution in [0.1, 0.15) is 32.6 Å². The van der Waals surface area contributed by atoms with E-state index in [-0.39, 0.29) is 6.23 Å². The number of alkyl halides is 1. The average Bonchev–Trinajstić information content (AvgIpc) is 2.04. The molecule has 0 spiro atoms. The minimum absolute atomic E-state index is 0.378. The molecule has 0 amide bonds. The molecule has 0 aromatic rings. The lowest BCUT2D eigenvalue weighted by molar-refractivity contribution is 0.162. The van der Waals surface area contributed by atoms with E-state index in [2.05, 4.69) is 28.2 Å². The summed E-state index contributed by atoms with van der Waals surface area (Å²) in [6.45, 7) is 3.12. The SMILES string of the molecule is CCCCCCNC(O)CBr. The summed E-state index contributed by atoms with van der Waals surface area (Å²) in [7, 11) is 0. The third kappa shape index (κ3) is 8.30. The van der Waals surface area contributed by atoms with Crippen LogP contribution in [0.5, 0.6) is 0 Å². The second kappa shape index (κ2) is 8.50. The van der Waals surface area contributed by atoms with Crippen LogP contribution in [-0.2, 0) is 0 Å². The van der Waals surface area contributed by atoms with Crippen molar-refractivity contribution < 1.29 is 5.11 Å². The van der Waals surface area contributed by atoms with Crippen LogP contribution in [0.2, 0.25) is 0 Å². The Balaban J connectivity index is 2.89. The van der Waals surface area contributed by atoms with Crippen LogP contribution in [0.25, 0.3) is 0 Å². The number of hydrogen-bond acceptors (Lipinski definition) is 2. The first-order valence-electron chi connectivity index (χ1n) is 4.28. The fourth-order valence-corrected chi connectivity index (χ4v) is 1.10. The molecule has 0 fully saturated rings. The van der Waals surface area contributed by atoms with Gasteiger partial charge in [-0.15, -0.1) is 0 Å². The number of aliphatic hydroxyl groups is 1. The Hall–Kier alpha value is 0.400. The van der Waals surface area contributed by atoms with Crippen molar-refractivity contribution in [1.82, 2.24) is 5.32 Å². The van der Waals surface area contributed by atoms with Gasteiger partial charge in [0, 0.05) is 5.33 Å². The van der Waals surface area contributed by atoms with Crippen molar-refractivity contribution in [3.63, 3.8) is 0 Å². The number of rotatable bonds is 7. The van der Waals surface area contributed by atoms with Crippen molar-refractivity contribution in [2.75, 3.05) is 11.9 Å². The molecule has 1 unspecified atom stereocenters. The molecule has 0 saturated carbocycles. The van der Waals surface area contributed by atoms with Gasteiger partial charge in [-0.25, -0.2) is 0 Å². The topological polar surface area (TPSA) is 32.3 Å². The van der Waals surface area contributed by atoms with E-state index in [9.17, 15) is 0 Å². The van der Waals surface area contributed by atoms with Crippen LogP contribution in [0.4, 0.5) is 0 Å². The van der Waals surface area contributed by atoms with E-state index in [4.69, 9.17) is 5.11 Å². The lowest BCUT2D eigenvalue weighted by Gasteiger charge is -2.08. The largest absolute Gasteiger partial charge is 0.378 e. The maximum Gasteiger partial charge on any atom is 0.114 e. The van der Waals surface area contributed by atoms with E-state index in [1.54, 1.807) is 0 Å². The monoisotopic (exact) mass is 223 g/mol. The molecule has 0 heterocycles. The van der Waals surface area contributed by atoms with Crippen molar-refractivity contribution in [3.8, 4) is 0 Å². The van der Waals surface area contributed by atoms with E-state index in [1.807, 2.05) is 0 Å². The summed E-state index contributed by atoms with van der Waals surface area (Å²) in [5, 5.41) is 12.7. The fourth-order valence-electron chi connectivity index (χ4n) is 0.875. The molecule has 2 nitrogen and oxygen atoms in total. The Morgan fingerprint density at radius 2 is 2.09 bits per heavy atom. The highest BCUT2D eigenvalue weighted by Gasteiger charge is 1.97. The van der Waals surface area contributed by atoms with Gasteiger partial charge in [0.05, 0.1) is 0 Å². The molecule has 0 radical (unpaired) electrons. The van der Waals surface area contributed by atoms with Crippen molar-refractivity contribution >= 4 is 15.9 Å². The summed E-state index contributed by atoms with van der Waals surface area (Å²) in [5.41, 5.74) is 0. The zero-order valence-corrected chi connectivity index (χ0v) is 8.73. The predicted octanol–water partition coefficient (Wildman–Crippen LogP) is 1.87. The lowest BCUT2D eigenvalue weighted by atomic mass is 10.2. The van der Waals surface area contributed by atoms with Gasteiger partial charge in [-0.3, -0.25) is 5.32 Å². The minimum Gasteiger partial charge on any atom is -0.378 e. The smallest absolute Gasteiger partial charge is 0.114 e. The first kappa shape index (κ1) is 11.4. The van der Waals surface area contributed by atoms with Crippen molar-refractivity contribution in [2.45, 2.75) is 38.8 Å². The Labute approximate surface area is 77.5 Å². The molecule has 0 aromatic carbocycles. The van der Waals surface area contributed by atoms with Crippen LogP contribution in [-0.4, -0.2) is 23.2 Å². The predicted molar refractivity (Wildman–Crippen MR) is 51.9 cm³/mol. The molecule has 0 aliphatic heterocycles. The highest BCUT2D eigenvalue weighted by Crippen LogP contribution is 1.97. The maximum atomic E-state index is 9.06. The summed E-state index contributed by atoms with van der Waals surface area (Å²) >= 11 is 3.19. The molecular formula is C8H18BrNO. The van der Waals surface area contributed by atoms with Crippen LogP contribution in [0.15, 0.2) is 0 Å². The minimum atomic E-state index is -0.378. The molecule has 2 N–H and O–H groups in total. The van der Waals surface area contributed by atoms with Crippen molar-refractivity contribution in [3.05, 3.63) is 0 Å². The van der Waals surface area contributed by atoms with Gasteiger partial charge in [0.1, 0.15) is 6.23 Å². The second-order valence-corrected chi connectivity index (χ2v) is 3.33. The molecule has 0 rings (SSSR count). The van der Waals surface area contributed by atoms with Crippen LogP contribution < -0.4 is 5.32 Å². The second-order valence-electron chi connectivity index (χ2n) is 2.68. The van der Waals surface area contributed by atoms with E-state index in [0.29, 0.717) is 5.33 Å². The van der Waals surface area contributed by atoms with Crippen molar-refractivity contribution in [2.24, 2.45) is 0 Å². The molecule has 0 aromatic heterocycles. The van der Waals surface area contributed by atoms with Gasteiger partial charge >= 0.3 is 0 Å². The maximum absolute atomic E-state index is 9.06. The van der Waals surface area contributed by atoms with Gasteiger partial charge in [0.25, 0.3) is 0 Å². The van der Waals surface area contributed by atoms with Crippen molar-refractivity contribution in [1.29, 1.82) is 0 Å². The molecule has 0 saturated heterocycles. The summed E-state index contributed by atoms with van der Waals surface area (Å²) in [6.07, 6.45) is 4.61. The molecule has 11 heavy (non-hydrogen) atoms. The molecule has 0 aliphatic rings. The normalized spacial score (nSPS) is 13.4. The fraction of sp³-hybridized carbons (Fsp3) is 1.00. The van der Waals surface area contributed by atoms with Crippen LogP contribution >= 0.6 is 15.9 Å². The average molecular weight is 224 g/mol. The Morgan fingerprint density at radius 1 is 1.36 bits per heavy atom. The van der Waals surface area contributed by atoms with E-state index in [1.165, 1.54) is 19.3 Å². The standard InChI is InChI=1S/C8H18BrNO/c1-2-3-4-5-6-10-8(11)7-9/h8,10-11H,2-7H2,1H3. The quantitative estimate of drug-likeness (QED) is 0.393. The Kier molecular flexibility index (Phi) is 8.81. The Bertz CT molecular complexity index is 80.5. The zero-order chi connectivity index (χ0) is 8.53. The molecule has 1 atom stereocenters. The highest BCUT2D eigenvalue weighted by atomic mass is 79.9. The number of halogens is 1. The summed E-state index contributed by atoms with van der Waals surface area (Å²) < 4.78 is 0. The summed E-state index contributed by atoms with van der Waals surface area (Å²) in [5.74, 6) is 0. The van der Waals surface area contributed by atoms with Gasteiger partial charge in [0.2, 0.25) is 0 Å². The van der Waals surface area contributed by atoms with E-state index < -0.39 is 0 Å². The molecule has 0 bridgehead atoms. The first-order valence-corrected chi connectivity index (χ1v) is 5.40. The molecule has 3 heteroatoms. The van der Waals surface area contributed by atoms with E-state index in [0.717, 1.165) is 13.0 Å². The van der Waals surface area contributed by atoms with Gasteiger partial charge in [-0.2, -0.15) is 0 Å². The van der Waals surface area contributed by atoms with Gasteiger partial charge < -0.3 is 5.11 Å². The third-order valence-electron chi connectivity index (χ3n) is 1.56. The van der Waals surface area contributed by atoms with Crippen LogP contribution in [0, 0.1) is 0 Å². The number of aliphatic hydroxyl groups excluding tert-OH is 1. The lowest BCUT2D eigenvalue weighted by Crippen LogP contribution is -2.30. The number of nitrogens with one attached hydrogen (secondary N) is 1. The summed E-state index contributed by atoms with van der Waals surface area (Å²) in [4.78, 5) is 0.